The number of hydrogen-bond donors (Lipinski definition) is 2. The Labute approximate surface area is 119 Å². The predicted octanol–water partition coefficient (Wildman–Crippen LogP) is 1.26. The summed E-state index contributed by atoms with van der Waals surface area (Å²) in [5.41, 5.74) is -0.988. The normalized spacial score (nSPS) is 10.5. The first-order valence-corrected chi connectivity index (χ1v) is 6.36. The largest absolute Gasteiger partial charge is 0.492 e. The number of ether oxygens (including phenoxy) is 1. The Morgan fingerprint density at radius 2 is 1.95 bits per heavy atom. The highest BCUT2D eigenvalue weighted by atomic mass is 16.5. The smallest absolute Gasteiger partial charge is 0.245 e. The molecular formula is C15H20N2O3. The number of carbonyl (C=O) groups is 2. The molecule has 108 valence electrons. The average Bonchev–Trinajstić information content (AvgIpc) is 2.43. The summed E-state index contributed by atoms with van der Waals surface area (Å²) in [6.07, 6.45) is 1.13. The first kappa shape index (κ1) is 15.8. The summed E-state index contributed by atoms with van der Waals surface area (Å²) in [5, 5.41) is 5.26. The molecule has 0 fully saturated rings. The lowest BCUT2D eigenvalue weighted by molar-refractivity contribution is -0.130. The fourth-order valence-corrected chi connectivity index (χ4v) is 1.49. The van der Waals surface area contributed by atoms with Crippen LogP contribution in [-0.2, 0) is 9.59 Å². The zero-order valence-corrected chi connectivity index (χ0v) is 11.8. The molecule has 1 aromatic rings. The second-order valence-corrected chi connectivity index (χ2v) is 4.74. The van der Waals surface area contributed by atoms with Gasteiger partial charge in [-0.3, -0.25) is 9.59 Å². The third kappa shape index (κ3) is 5.14. The van der Waals surface area contributed by atoms with Gasteiger partial charge in [0, 0.05) is 0 Å². The Morgan fingerprint density at radius 3 is 2.55 bits per heavy atom. The Bertz CT molecular complexity index is 469. The van der Waals surface area contributed by atoms with Crippen LogP contribution in [0.2, 0.25) is 0 Å². The maximum absolute atomic E-state index is 11.9. The number of amides is 2. The Hall–Kier alpha value is -2.30. The van der Waals surface area contributed by atoms with Crippen LogP contribution in [0.4, 0.5) is 0 Å². The predicted molar refractivity (Wildman–Crippen MR) is 77.4 cm³/mol. The summed E-state index contributed by atoms with van der Waals surface area (Å²) < 4.78 is 5.45. The van der Waals surface area contributed by atoms with E-state index in [1.165, 1.54) is 0 Å². The molecule has 5 heteroatoms. The molecule has 0 aliphatic carbocycles. The molecular weight excluding hydrogens is 256 g/mol. The highest BCUT2D eigenvalue weighted by Gasteiger charge is 2.28. The average molecular weight is 276 g/mol. The first-order valence-electron chi connectivity index (χ1n) is 6.36. The third-order valence-electron chi connectivity index (χ3n) is 2.59. The second-order valence-electron chi connectivity index (χ2n) is 4.74. The van der Waals surface area contributed by atoms with Crippen molar-refractivity contribution in [1.82, 2.24) is 10.6 Å². The van der Waals surface area contributed by atoms with Gasteiger partial charge in [0.1, 0.15) is 17.9 Å². The molecule has 0 unspecified atom stereocenters. The van der Waals surface area contributed by atoms with Gasteiger partial charge in [0.25, 0.3) is 0 Å². The SMILES string of the molecule is C=CC(=O)NC(C)(C)C(=O)NCCOc1ccccc1. The van der Waals surface area contributed by atoms with Gasteiger partial charge < -0.3 is 15.4 Å². The van der Waals surface area contributed by atoms with Crippen LogP contribution >= 0.6 is 0 Å². The zero-order valence-electron chi connectivity index (χ0n) is 11.8. The molecule has 0 radical (unpaired) electrons. The van der Waals surface area contributed by atoms with Gasteiger partial charge in [-0.05, 0) is 32.1 Å². The van der Waals surface area contributed by atoms with E-state index in [4.69, 9.17) is 4.74 Å². The van der Waals surface area contributed by atoms with Crippen LogP contribution in [0.15, 0.2) is 43.0 Å². The monoisotopic (exact) mass is 276 g/mol. The summed E-state index contributed by atoms with van der Waals surface area (Å²) in [5.74, 6) is 0.0935. The standard InChI is InChI=1S/C15H20N2O3/c1-4-13(18)17-15(2,3)14(19)16-10-11-20-12-8-6-5-7-9-12/h4-9H,1,10-11H2,2-3H3,(H,16,19)(H,17,18). The van der Waals surface area contributed by atoms with Crippen LogP contribution in [0.25, 0.3) is 0 Å². The molecule has 0 spiro atoms. The molecule has 0 aromatic heterocycles. The van der Waals surface area contributed by atoms with E-state index in [2.05, 4.69) is 17.2 Å². The van der Waals surface area contributed by atoms with E-state index in [1.807, 2.05) is 30.3 Å². The van der Waals surface area contributed by atoms with Gasteiger partial charge >= 0.3 is 0 Å². The first-order chi connectivity index (χ1) is 9.45. The minimum atomic E-state index is -0.988. The number of benzene rings is 1. The van der Waals surface area contributed by atoms with Crippen LogP contribution in [0.1, 0.15) is 13.8 Å². The Balaban J connectivity index is 2.32. The lowest BCUT2D eigenvalue weighted by Gasteiger charge is -2.24. The summed E-state index contributed by atoms with van der Waals surface area (Å²) in [4.78, 5) is 23.1. The molecule has 0 bridgehead atoms. The van der Waals surface area contributed by atoms with Crippen LogP contribution in [0.3, 0.4) is 0 Å². The Morgan fingerprint density at radius 1 is 1.30 bits per heavy atom. The molecule has 0 heterocycles. The molecule has 1 aromatic carbocycles. The van der Waals surface area contributed by atoms with Crippen molar-refractivity contribution in [2.24, 2.45) is 0 Å². The van der Waals surface area contributed by atoms with Crippen molar-refractivity contribution in [3.8, 4) is 5.75 Å². The molecule has 0 aliphatic rings. The molecule has 1 rings (SSSR count). The molecule has 0 atom stereocenters. The van der Waals surface area contributed by atoms with Gasteiger partial charge in [-0.15, -0.1) is 0 Å². The van der Waals surface area contributed by atoms with Gasteiger partial charge in [-0.2, -0.15) is 0 Å². The number of rotatable bonds is 7. The van der Waals surface area contributed by atoms with E-state index in [0.29, 0.717) is 13.2 Å². The van der Waals surface area contributed by atoms with Crippen LogP contribution < -0.4 is 15.4 Å². The van der Waals surface area contributed by atoms with E-state index in [9.17, 15) is 9.59 Å². The topological polar surface area (TPSA) is 67.4 Å². The van der Waals surface area contributed by atoms with Crippen molar-refractivity contribution >= 4 is 11.8 Å². The molecule has 20 heavy (non-hydrogen) atoms. The van der Waals surface area contributed by atoms with Crippen LogP contribution in [-0.4, -0.2) is 30.5 Å². The van der Waals surface area contributed by atoms with Crippen molar-refractivity contribution in [3.05, 3.63) is 43.0 Å². The molecule has 5 nitrogen and oxygen atoms in total. The lowest BCUT2D eigenvalue weighted by Crippen LogP contribution is -2.54. The number of para-hydroxylation sites is 1. The van der Waals surface area contributed by atoms with Crippen LogP contribution in [0, 0.1) is 0 Å². The van der Waals surface area contributed by atoms with Gasteiger partial charge in [-0.1, -0.05) is 24.8 Å². The highest BCUT2D eigenvalue weighted by Crippen LogP contribution is 2.07. The lowest BCUT2D eigenvalue weighted by atomic mass is 10.0. The fraction of sp³-hybridized carbons (Fsp3) is 0.333. The van der Waals surface area contributed by atoms with Crippen molar-refractivity contribution in [2.45, 2.75) is 19.4 Å². The molecule has 2 N–H and O–H groups in total. The van der Waals surface area contributed by atoms with Crippen molar-refractivity contribution in [3.63, 3.8) is 0 Å². The van der Waals surface area contributed by atoms with Crippen molar-refractivity contribution < 1.29 is 14.3 Å². The maximum atomic E-state index is 11.9. The van der Waals surface area contributed by atoms with Gasteiger partial charge in [-0.25, -0.2) is 0 Å². The summed E-state index contributed by atoms with van der Waals surface area (Å²) in [6.45, 7) is 7.33. The fourth-order valence-electron chi connectivity index (χ4n) is 1.49. The number of carbonyl (C=O) groups excluding carboxylic acids is 2. The van der Waals surface area contributed by atoms with E-state index in [-0.39, 0.29) is 11.8 Å². The minimum absolute atomic E-state index is 0.274. The molecule has 0 aliphatic heterocycles. The van der Waals surface area contributed by atoms with E-state index >= 15 is 0 Å². The van der Waals surface area contributed by atoms with Crippen molar-refractivity contribution in [2.75, 3.05) is 13.2 Å². The van der Waals surface area contributed by atoms with E-state index in [1.54, 1.807) is 13.8 Å². The summed E-state index contributed by atoms with van der Waals surface area (Å²) >= 11 is 0. The van der Waals surface area contributed by atoms with Gasteiger partial charge in [0.2, 0.25) is 11.8 Å². The van der Waals surface area contributed by atoms with E-state index < -0.39 is 5.54 Å². The zero-order chi connectivity index (χ0) is 15.0. The van der Waals surface area contributed by atoms with Crippen molar-refractivity contribution in [1.29, 1.82) is 0 Å². The van der Waals surface area contributed by atoms with Gasteiger partial charge in [0.15, 0.2) is 0 Å². The Kier molecular flexibility index (Phi) is 5.77. The number of hydrogen-bond acceptors (Lipinski definition) is 3. The summed E-state index contributed by atoms with van der Waals surface area (Å²) in [6, 6.07) is 9.34. The number of nitrogens with one attached hydrogen (secondary N) is 2. The third-order valence-corrected chi connectivity index (χ3v) is 2.59. The molecule has 0 saturated heterocycles. The second kappa shape index (κ2) is 7.33. The maximum Gasteiger partial charge on any atom is 0.245 e. The van der Waals surface area contributed by atoms with E-state index in [0.717, 1.165) is 11.8 Å². The molecule has 2 amide bonds. The van der Waals surface area contributed by atoms with Crippen LogP contribution in [0.5, 0.6) is 5.75 Å². The molecule has 0 saturated carbocycles. The highest BCUT2D eigenvalue weighted by molar-refractivity contribution is 5.94. The minimum Gasteiger partial charge on any atom is -0.492 e. The van der Waals surface area contributed by atoms with Gasteiger partial charge in [0.05, 0.1) is 6.54 Å². The summed E-state index contributed by atoms with van der Waals surface area (Å²) in [7, 11) is 0. The quantitative estimate of drug-likeness (QED) is 0.582.